The van der Waals surface area contributed by atoms with Crippen LogP contribution in [0, 0.1) is 0 Å². The summed E-state index contributed by atoms with van der Waals surface area (Å²) in [4.78, 5) is 26.0. The summed E-state index contributed by atoms with van der Waals surface area (Å²) in [6, 6.07) is 6.12. The van der Waals surface area contributed by atoms with E-state index in [0.29, 0.717) is 6.54 Å². The van der Waals surface area contributed by atoms with E-state index in [0.717, 1.165) is 44.1 Å². The molecule has 2 amide bonds. The highest BCUT2D eigenvalue weighted by Crippen LogP contribution is 2.25. The van der Waals surface area contributed by atoms with E-state index in [1.165, 1.54) is 11.1 Å². The van der Waals surface area contributed by atoms with E-state index in [1.807, 2.05) is 23.1 Å². The van der Waals surface area contributed by atoms with Crippen LogP contribution in [0.1, 0.15) is 53.6 Å². The number of benzene rings is 1. The second-order valence-electron chi connectivity index (χ2n) is 6.80. The lowest BCUT2D eigenvalue weighted by Gasteiger charge is -2.35. The van der Waals surface area contributed by atoms with E-state index < -0.39 is 0 Å². The number of nitrogens with zero attached hydrogens (tertiary/aromatic N) is 1. The summed E-state index contributed by atoms with van der Waals surface area (Å²) >= 11 is 0. The predicted octanol–water partition coefficient (Wildman–Crippen LogP) is 1.37. The van der Waals surface area contributed by atoms with Gasteiger partial charge in [0.2, 0.25) is 5.91 Å². The lowest BCUT2D eigenvalue weighted by molar-refractivity contribution is -0.119. The molecule has 2 atom stereocenters. The number of likely N-dealkylation sites (tertiary alicyclic amines) is 1. The van der Waals surface area contributed by atoms with Crippen molar-refractivity contribution in [3.63, 3.8) is 0 Å². The summed E-state index contributed by atoms with van der Waals surface area (Å²) in [7, 11) is 0. The fourth-order valence-electron chi connectivity index (χ4n) is 3.79. The molecule has 1 fully saturated rings. The SMILES string of the molecule is NC(=O)CC1CCCCN1C(=O)c1ccc2c(c1)CCC(N)C2. The van der Waals surface area contributed by atoms with Gasteiger partial charge in [-0.1, -0.05) is 6.07 Å². The number of primary amides is 1. The van der Waals surface area contributed by atoms with Crippen LogP contribution in [-0.2, 0) is 17.6 Å². The molecule has 0 radical (unpaired) electrons. The Kier molecular flexibility index (Phi) is 4.66. The Morgan fingerprint density at radius 2 is 2.00 bits per heavy atom. The molecule has 1 heterocycles. The molecule has 3 rings (SSSR count). The van der Waals surface area contributed by atoms with E-state index >= 15 is 0 Å². The average molecular weight is 315 g/mol. The molecule has 5 heteroatoms. The first kappa shape index (κ1) is 16.0. The maximum Gasteiger partial charge on any atom is 0.254 e. The number of carbonyl (C=O) groups excluding carboxylic acids is 2. The number of amides is 2. The van der Waals surface area contributed by atoms with Crippen molar-refractivity contribution in [2.75, 3.05) is 6.54 Å². The van der Waals surface area contributed by atoms with Crippen molar-refractivity contribution in [3.8, 4) is 0 Å². The summed E-state index contributed by atoms with van der Waals surface area (Å²) in [5.74, 6) is -0.317. The van der Waals surface area contributed by atoms with Gasteiger partial charge < -0.3 is 16.4 Å². The third-order valence-corrected chi connectivity index (χ3v) is 5.04. The number of aryl methyl sites for hydroxylation is 1. The lowest BCUT2D eigenvalue weighted by atomic mass is 9.87. The quantitative estimate of drug-likeness (QED) is 0.883. The van der Waals surface area contributed by atoms with E-state index in [4.69, 9.17) is 11.5 Å². The Bertz CT molecular complexity index is 614. The average Bonchev–Trinajstić information content (AvgIpc) is 2.53. The standard InChI is InChI=1S/C18H25N3O2/c19-15-7-6-12-9-14(5-4-13(12)10-15)18(23)21-8-2-1-3-16(21)11-17(20)22/h4-5,9,15-16H,1-3,6-8,10-11,19H2,(H2,20,22). The number of fused-ring (bicyclic) bond motifs is 1. The molecule has 1 saturated heterocycles. The Morgan fingerprint density at radius 1 is 1.17 bits per heavy atom. The smallest absolute Gasteiger partial charge is 0.254 e. The van der Waals surface area contributed by atoms with Gasteiger partial charge in [-0.25, -0.2) is 0 Å². The van der Waals surface area contributed by atoms with E-state index in [2.05, 4.69) is 0 Å². The number of nitrogens with two attached hydrogens (primary N) is 2. The molecule has 5 nitrogen and oxygen atoms in total. The van der Waals surface area contributed by atoms with Gasteiger partial charge in [0.05, 0.1) is 0 Å². The first-order chi connectivity index (χ1) is 11.0. The van der Waals surface area contributed by atoms with Gasteiger partial charge in [0.1, 0.15) is 0 Å². The minimum absolute atomic E-state index is 0.0219. The number of hydrogen-bond donors (Lipinski definition) is 2. The third-order valence-electron chi connectivity index (χ3n) is 5.04. The molecule has 0 bridgehead atoms. The molecule has 2 aliphatic rings. The Labute approximate surface area is 137 Å². The molecule has 23 heavy (non-hydrogen) atoms. The Morgan fingerprint density at radius 3 is 2.78 bits per heavy atom. The second kappa shape index (κ2) is 6.71. The Balaban J connectivity index is 1.80. The van der Waals surface area contributed by atoms with Crippen molar-refractivity contribution in [1.29, 1.82) is 0 Å². The van der Waals surface area contributed by atoms with Crippen LogP contribution in [0.4, 0.5) is 0 Å². The first-order valence-corrected chi connectivity index (χ1v) is 8.51. The molecule has 1 aliphatic carbocycles. The zero-order valence-corrected chi connectivity index (χ0v) is 13.5. The van der Waals surface area contributed by atoms with Crippen LogP contribution in [0.25, 0.3) is 0 Å². The van der Waals surface area contributed by atoms with Crippen molar-refractivity contribution in [1.82, 2.24) is 4.90 Å². The zero-order chi connectivity index (χ0) is 16.4. The number of piperidine rings is 1. The van der Waals surface area contributed by atoms with Gasteiger partial charge >= 0.3 is 0 Å². The van der Waals surface area contributed by atoms with Crippen LogP contribution >= 0.6 is 0 Å². The monoisotopic (exact) mass is 315 g/mol. The van der Waals surface area contributed by atoms with Gasteiger partial charge in [-0.2, -0.15) is 0 Å². The van der Waals surface area contributed by atoms with Gasteiger partial charge in [-0.3, -0.25) is 9.59 Å². The van der Waals surface area contributed by atoms with Crippen LogP contribution in [0.5, 0.6) is 0 Å². The summed E-state index contributed by atoms with van der Waals surface area (Å²) < 4.78 is 0. The molecule has 2 unspecified atom stereocenters. The van der Waals surface area contributed by atoms with Crippen molar-refractivity contribution in [3.05, 3.63) is 34.9 Å². The normalized spacial score (nSPS) is 24.1. The first-order valence-electron chi connectivity index (χ1n) is 8.51. The van der Waals surface area contributed by atoms with Gasteiger partial charge in [-0.15, -0.1) is 0 Å². The minimum Gasteiger partial charge on any atom is -0.370 e. The summed E-state index contributed by atoms with van der Waals surface area (Å²) in [6.45, 7) is 0.707. The maximum atomic E-state index is 12.9. The van der Waals surface area contributed by atoms with Crippen LogP contribution < -0.4 is 11.5 Å². The highest BCUT2D eigenvalue weighted by Gasteiger charge is 2.29. The Hall–Kier alpha value is -1.88. The molecular formula is C18H25N3O2. The summed E-state index contributed by atoms with van der Waals surface area (Å²) in [5.41, 5.74) is 14.6. The molecule has 0 aromatic heterocycles. The summed E-state index contributed by atoms with van der Waals surface area (Å²) in [6.07, 6.45) is 5.93. The van der Waals surface area contributed by atoms with Gasteiger partial charge in [0.15, 0.2) is 0 Å². The second-order valence-corrected chi connectivity index (χ2v) is 6.80. The maximum absolute atomic E-state index is 12.9. The highest BCUT2D eigenvalue weighted by atomic mass is 16.2. The molecular weight excluding hydrogens is 290 g/mol. The summed E-state index contributed by atoms with van der Waals surface area (Å²) in [5, 5.41) is 0. The predicted molar refractivity (Wildman–Crippen MR) is 88.9 cm³/mol. The number of carbonyl (C=O) groups is 2. The zero-order valence-electron chi connectivity index (χ0n) is 13.5. The van der Waals surface area contributed by atoms with Crippen LogP contribution in [0.3, 0.4) is 0 Å². The van der Waals surface area contributed by atoms with E-state index in [9.17, 15) is 9.59 Å². The van der Waals surface area contributed by atoms with Crippen molar-refractivity contribution >= 4 is 11.8 Å². The third kappa shape index (κ3) is 3.55. The van der Waals surface area contributed by atoms with Crippen molar-refractivity contribution < 1.29 is 9.59 Å². The number of hydrogen-bond acceptors (Lipinski definition) is 3. The number of rotatable bonds is 3. The largest absolute Gasteiger partial charge is 0.370 e. The molecule has 1 aliphatic heterocycles. The van der Waals surface area contributed by atoms with E-state index in [-0.39, 0.29) is 30.3 Å². The van der Waals surface area contributed by atoms with Gasteiger partial charge in [0, 0.05) is 30.6 Å². The topological polar surface area (TPSA) is 89.4 Å². The highest BCUT2D eigenvalue weighted by molar-refractivity contribution is 5.95. The van der Waals surface area contributed by atoms with Crippen molar-refractivity contribution in [2.45, 2.75) is 57.0 Å². The fourth-order valence-corrected chi connectivity index (χ4v) is 3.79. The van der Waals surface area contributed by atoms with Crippen LogP contribution in [-0.4, -0.2) is 35.3 Å². The molecule has 0 saturated carbocycles. The van der Waals surface area contributed by atoms with Crippen LogP contribution in [0.15, 0.2) is 18.2 Å². The molecule has 124 valence electrons. The molecule has 4 N–H and O–H groups in total. The minimum atomic E-state index is -0.339. The fraction of sp³-hybridized carbons (Fsp3) is 0.556. The van der Waals surface area contributed by atoms with Gasteiger partial charge in [0.25, 0.3) is 5.91 Å². The molecule has 0 spiro atoms. The molecule has 1 aromatic carbocycles. The van der Waals surface area contributed by atoms with Crippen molar-refractivity contribution in [2.24, 2.45) is 11.5 Å². The van der Waals surface area contributed by atoms with Gasteiger partial charge in [-0.05, 0) is 61.8 Å². The molecule has 1 aromatic rings. The van der Waals surface area contributed by atoms with Crippen LogP contribution in [0.2, 0.25) is 0 Å². The lowest BCUT2D eigenvalue weighted by Crippen LogP contribution is -2.45. The van der Waals surface area contributed by atoms with E-state index in [1.54, 1.807) is 0 Å².